The number of benzene rings is 4. The van der Waals surface area contributed by atoms with E-state index in [-0.39, 0.29) is 35.5 Å². The first-order chi connectivity index (χ1) is 22.5. The Morgan fingerprint density at radius 2 is 1.53 bits per heavy atom. The molecule has 8 nitrogen and oxygen atoms in total. The second kappa shape index (κ2) is 16.5. The molecule has 0 aliphatic carbocycles. The van der Waals surface area contributed by atoms with Crippen LogP contribution in [0.4, 0.5) is 5.69 Å². The second-order valence-corrected chi connectivity index (χ2v) is 13.7. The van der Waals surface area contributed by atoms with Crippen LogP contribution >= 0.6 is 11.6 Å². The molecule has 0 fully saturated rings. The summed E-state index contributed by atoms with van der Waals surface area (Å²) in [6, 6.07) is 28.5. The lowest BCUT2D eigenvalue weighted by atomic mass is 10.0. The van der Waals surface area contributed by atoms with Gasteiger partial charge in [-0.15, -0.1) is 0 Å². The fourth-order valence-corrected chi connectivity index (χ4v) is 6.70. The molecule has 0 aromatic heterocycles. The van der Waals surface area contributed by atoms with Crippen LogP contribution in [0.15, 0.2) is 108 Å². The molecule has 0 spiro atoms. The molecule has 4 rings (SSSR count). The van der Waals surface area contributed by atoms with Crippen molar-refractivity contribution in [3.8, 4) is 5.75 Å². The molecule has 10 heteroatoms. The number of sulfonamides is 1. The lowest BCUT2D eigenvalue weighted by molar-refractivity contribution is -0.140. The van der Waals surface area contributed by atoms with Crippen LogP contribution in [0, 0.1) is 6.92 Å². The number of nitrogens with zero attached hydrogens (tertiary/aromatic N) is 2. The van der Waals surface area contributed by atoms with E-state index >= 15 is 0 Å². The van der Waals surface area contributed by atoms with Crippen LogP contribution in [0.3, 0.4) is 0 Å². The van der Waals surface area contributed by atoms with Crippen LogP contribution in [0.2, 0.25) is 5.02 Å². The predicted molar refractivity (Wildman–Crippen MR) is 187 cm³/mol. The van der Waals surface area contributed by atoms with Crippen molar-refractivity contribution in [3.05, 3.63) is 125 Å². The van der Waals surface area contributed by atoms with E-state index in [1.165, 1.54) is 17.0 Å². The highest BCUT2D eigenvalue weighted by atomic mass is 35.5. The third kappa shape index (κ3) is 9.59. The lowest BCUT2D eigenvalue weighted by Crippen LogP contribution is -2.54. The highest BCUT2D eigenvalue weighted by molar-refractivity contribution is 7.92. The van der Waals surface area contributed by atoms with Gasteiger partial charge in [0.2, 0.25) is 11.8 Å². The first-order valence-electron chi connectivity index (χ1n) is 15.7. The van der Waals surface area contributed by atoms with Crippen molar-refractivity contribution >= 4 is 39.1 Å². The number of hydrogen-bond acceptors (Lipinski definition) is 5. The number of ether oxygens (including phenoxy) is 1. The Labute approximate surface area is 283 Å². The van der Waals surface area contributed by atoms with E-state index in [1.54, 1.807) is 54.6 Å². The highest BCUT2D eigenvalue weighted by Crippen LogP contribution is 2.27. The molecule has 4 aromatic rings. The number of rotatable bonds is 15. The van der Waals surface area contributed by atoms with Crippen molar-refractivity contribution < 1.29 is 22.7 Å². The summed E-state index contributed by atoms with van der Waals surface area (Å²) in [5, 5.41) is 3.53. The minimum absolute atomic E-state index is 0.0342. The van der Waals surface area contributed by atoms with Crippen LogP contribution < -0.4 is 14.4 Å². The summed E-state index contributed by atoms with van der Waals surface area (Å²) in [6.07, 6.45) is 0.926. The second-order valence-electron chi connectivity index (χ2n) is 11.4. The summed E-state index contributed by atoms with van der Waals surface area (Å²) in [7, 11) is -4.21. The maximum Gasteiger partial charge on any atom is 0.264 e. The van der Waals surface area contributed by atoms with Gasteiger partial charge in [0.1, 0.15) is 18.3 Å². The molecule has 0 radical (unpaired) electrons. The monoisotopic (exact) mass is 675 g/mol. The molecule has 0 aliphatic rings. The first kappa shape index (κ1) is 35.5. The van der Waals surface area contributed by atoms with Crippen molar-refractivity contribution in [2.45, 2.75) is 64.1 Å². The quantitative estimate of drug-likeness (QED) is 0.150. The minimum atomic E-state index is -4.21. The molecule has 2 amide bonds. The largest absolute Gasteiger partial charge is 0.494 e. The number of carbonyl (C=O) groups is 2. The van der Waals surface area contributed by atoms with Gasteiger partial charge in [0.15, 0.2) is 0 Å². The first-order valence-corrected chi connectivity index (χ1v) is 17.5. The van der Waals surface area contributed by atoms with Crippen molar-refractivity contribution in [2.24, 2.45) is 0 Å². The summed E-state index contributed by atoms with van der Waals surface area (Å²) in [5.41, 5.74) is 2.75. The van der Waals surface area contributed by atoms with Crippen LogP contribution in [0.5, 0.6) is 5.75 Å². The van der Waals surface area contributed by atoms with Gasteiger partial charge in [-0.2, -0.15) is 0 Å². The molecule has 248 valence electrons. The average Bonchev–Trinajstić information content (AvgIpc) is 3.06. The SMILES string of the molecule is CCOc1ccc(N(CC(=O)N(Cc2cccc(Cl)c2)[C@H](Cc2ccccc2)C(=O)N[C@@H](C)CC)S(=O)(=O)c2ccc(C)cc2)cc1. The average molecular weight is 676 g/mol. The minimum Gasteiger partial charge on any atom is -0.494 e. The van der Waals surface area contributed by atoms with E-state index in [1.807, 2.05) is 64.1 Å². The standard InChI is InChI=1S/C37H42ClN3O5S/c1-5-28(4)39-37(43)35(24-29-11-8-7-9-12-29)40(25-30-13-10-14-31(38)23-30)36(42)26-41(32-17-19-33(20-18-32)46-6-2)47(44,45)34-21-15-27(3)16-22-34/h7-23,28,35H,5-6,24-26H2,1-4H3,(H,39,43)/t28-,35+/m0/s1. The van der Waals surface area contributed by atoms with E-state index in [4.69, 9.17) is 16.3 Å². The number of anilines is 1. The van der Waals surface area contributed by atoms with Gasteiger partial charge in [-0.25, -0.2) is 8.42 Å². The molecule has 2 atom stereocenters. The smallest absolute Gasteiger partial charge is 0.264 e. The van der Waals surface area contributed by atoms with Gasteiger partial charge in [0.05, 0.1) is 17.2 Å². The summed E-state index contributed by atoms with van der Waals surface area (Å²) < 4.78 is 35.1. The summed E-state index contributed by atoms with van der Waals surface area (Å²) >= 11 is 6.33. The van der Waals surface area contributed by atoms with E-state index in [0.29, 0.717) is 29.4 Å². The normalized spacial score (nSPS) is 12.5. The number of nitrogens with one attached hydrogen (secondary N) is 1. The Hall–Kier alpha value is -4.34. The molecule has 0 bridgehead atoms. The Morgan fingerprint density at radius 1 is 0.872 bits per heavy atom. The third-order valence-corrected chi connectivity index (χ3v) is 9.86. The zero-order valence-corrected chi connectivity index (χ0v) is 28.8. The number of amides is 2. The fraction of sp³-hybridized carbons (Fsp3) is 0.297. The molecule has 0 aliphatic heterocycles. The Morgan fingerprint density at radius 3 is 2.15 bits per heavy atom. The lowest BCUT2D eigenvalue weighted by Gasteiger charge is -2.34. The van der Waals surface area contributed by atoms with Crippen molar-refractivity contribution in [3.63, 3.8) is 0 Å². The summed E-state index contributed by atoms with van der Waals surface area (Å²) in [6.45, 7) is 7.54. The van der Waals surface area contributed by atoms with Crippen LogP contribution in [-0.2, 0) is 32.6 Å². The van der Waals surface area contributed by atoms with E-state index in [0.717, 1.165) is 15.4 Å². The molecular weight excluding hydrogens is 634 g/mol. The van der Waals surface area contributed by atoms with E-state index in [2.05, 4.69) is 5.32 Å². The number of aryl methyl sites for hydroxylation is 1. The predicted octanol–water partition coefficient (Wildman–Crippen LogP) is 6.80. The van der Waals surface area contributed by atoms with Crippen molar-refractivity contribution in [1.82, 2.24) is 10.2 Å². The zero-order chi connectivity index (χ0) is 34.0. The zero-order valence-electron chi connectivity index (χ0n) is 27.2. The molecular formula is C37H42ClN3O5S. The van der Waals surface area contributed by atoms with E-state index < -0.39 is 28.5 Å². The molecule has 0 saturated carbocycles. The Balaban J connectivity index is 1.81. The van der Waals surface area contributed by atoms with Gasteiger partial charge in [0.25, 0.3) is 10.0 Å². The maximum absolute atomic E-state index is 14.6. The third-order valence-electron chi connectivity index (χ3n) is 7.84. The van der Waals surface area contributed by atoms with Crippen LogP contribution in [-0.4, -0.2) is 50.4 Å². The molecule has 0 heterocycles. The molecule has 0 unspecified atom stereocenters. The summed E-state index contributed by atoms with van der Waals surface area (Å²) in [5.74, 6) is -0.301. The number of halogens is 1. The van der Waals surface area contributed by atoms with Gasteiger partial charge in [-0.05, 0) is 86.8 Å². The van der Waals surface area contributed by atoms with Gasteiger partial charge in [0, 0.05) is 24.0 Å². The van der Waals surface area contributed by atoms with Gasteiger partial charge >= 0.3 is 0 Å². The fourth-order valence-electron chi connectivity index (χ4n) is 5.07. The maximum atomic E-state index is 14.6. The topological polar surface area (TPSA) is 96.0 Å². The number of hydrogen-bond donors (Lipinski definition) is 1. The van der Waals surface area contributed by atoms with Gasteiger partial charge in [-0.1, -0.05) is 78.7 Å². The molecule has 1 N–H and O–H groups in total. The van der Waals surface area contributed by atoms with Gasteiger partial charge < -0.3 is 15.0 Å². The molecule has 4 aromatic carbocycles. The van der Waals surface area contributed by atoms with Crippen molar-refractivity contribution in [2.75, 3.05) is 17.5 Å². The number of carbonyl (C=O) groups excluding carboxylic acids is 2. The highest BCUT2D eigenvalue weighted by Gasteiger charge is 2.35. The summed E-state index contributed by atoms with van der Waals surface area (Å²) in [4.78, 5) is 30.0. The van der Waals surface area contributed by atoms with Crippen LogP contribution in [0.1, 0.15) is 43.9 Å². The van der Waals surface area contributed by atoms with E-state index in [9.17, 15) is 18.0 Å². The Kier molecular flexibility index (Phi) is 12.4. The molecule has 0 saturated heterocycles. The van der Waals surface area contributed by atoms with Crippen molar-refractivity contribution in [1.29, 1.82) is 0 Å². The van der Waals surface area contributed by atoms with Crippen LogP contribution in [0.25, 0.3) is 0 Å². The molecule has 47 heavy (non-hydrogen) atoms. The van der Waals surface area contributed by atoms with Gasteiger partial charge in [-0.3, -0.25) is 13.9 Å². The Bertz CT molecular complexity index is 1730.